The number of carbonyl (C=O) groups is 2. The molecule has 0 radical (unpaired) electrons. The van der Waals surface area contributed by atoms with Crippen molar-refractivity contribution in [1.29, 1.82) is 0 Å². The molecule has 0 N–H and O–H groups in total. The number of rotatable bonds is 6. The minimum atomic E-state index is -0.336. The van der Waals surface area contributed by atoms with E-state index in [2.05, 4.69) is 24.3 Å². The van der Waals surface area contributed by atoms with E-state index in [1.807, 2.05) is 6.07 Å². The number of hydrogen-bond donors (Lipinski definition) is 0. The lowest BCUT2D eigenvalue weighted by molar-refractivity contribution is -0.145. The summed E-state index contributed by atoms with van der Waals surface area (Å²) in [6.07, 6.45) is 10.2. The Bertz CT molecular complexity index is 975. The molecule has 0 aromatic heterocycles. The van der Waals surface area contributed by atoms with E-state index in [9.17, 15) is 9.59 Å². The van der Waals surface area contributed by atoms with Crippen LogP contribution >= 0.6 is 0 Å². The van der Waals surface area contributed by atoms with Gasteiger partial charge in [0, 0.05) is 0 Å². The molecule has 0 fully saturated rings. The largest absolute Gasteiger partial charge is 0.469 e. The molecule has 4 nitrogen and oxygen atoms in total. The number of benzene rings is 2. The Morgan fingerprint density at radius 3 is 2.03 bits per heavy atom. The molecule has 0 saturated heterocycles. The second-order valence-electron chi connectivity index (χ2n) is 8.92. The number of esters is 2. The van der Waals surface area contributed by atoms with Gasteiger partial charge in [-0.05, 0) is 104 Å². The lowest BCUT2D eigenvalue weighted by atomic mass is 9.83. The van der Waals surface area contributed by atoms with Crippen LogP contribution in [0.3, 0.4) is 0 Å². The molecule has 0 heterocycles. The standard InChI is InChI=1S/C27H32O4/c1-30-26(28)24(14-18-11-12-19-7-3-4-8-20(19)13-18)16-23-15-21-9-5-6-10-22(21)17-25(23)27(29)31-2/h11-13,15,17,24H,3-10,14,16H2,1-2H3/t24-/m1/s1. The summed E-state index contributed by atoms with van der Waals surface area (Å²) >= 11 is 0. The molecule has 4 heteroatoms. The molecule has 0 spiro atoms. The van der Waals surface area contributed by atoms with Crippen molar-refractivity contribution in [2.75, 3.05) is 14.2 Å². The van der Waals surface area contributed by atoms with E-state index in [1.54, 1.807) is 0 Å². The summed E-state index contributed by atoms with van der Waals surface area (Å²) in [4.78, 5) is 25.2. The fourth-order valence-corrected chi connectivity index (χ4v) is 5.17. The highest BCUT2D eigenvalue weighted by molar-refractivity contribution is 5.91. The topological polar surface area (TPSA) is 52.6 Å². The van der Waals surface area contributed by atoms with Crippen molar-refractivity contribution in [3.63, 3.8) is 0 Å². The first kappa shape index (κ1) is 21.6. The van der Waals surface area contributed by atoms with E-state index in [1.165, 1.54) is 55.7 Å². The highest BCUT2D eigenvalue weighted by atomic mass is 16.5. The third-order valence-electron chi connectivity index (χ3n) is 6.87. The molecule has 31 heavy (non-hydrogen) atoms. The van der Waals surface area contributed by atoms with Crippen LogP contribution in [0, 0.1) is 5.92 Å². The molecular formula is C27H32O4. The zero-order chi connectivity index (χ0) is 21.8. The number of hydrogen-bond acceptors (Lipinski definition) is 4. The average molecular weight is 421 g/mol. The van der Waals surface area contributed by atoms with Crippen molar-refractivity contribution in [3.05, 3.63) is 69.3 Å². The van der Waals surface area contributed by atoms with Crippen LogP contribution in [0.2, 0.25) is 0 Å². The number of aryl methyl sites for hydroxylation is 4. The first-order chi connectivity index (χ1) is 15.1. The van der Waals surface area contributed by atoms with Crippen LogP contribution in [0.15, 0.2) is 30.3 Å². The van der Waals surface area contributed by atoms with Crippen LogP contribution in [-0.2, 0) is 52.8 Å². The van der Waals surface area contributed by atoms with Gasteiger partial charge in [-0.3, -0.25) is 4.79 Å². The number of fused-ring (bicyclic) bond motifs is 2. The molecule has 2 aromatic carbocycles. The van der Waals surface area contributed by atoms with Gasteiger partial charge in [0.05, 0.1) is 25.7 Å². The van der Waals surface area contributed by atoms with Crippen LogP contribution in [0.1, 0.15) is 69.4 Å². The predicted molar refractivity (Wildman–Crippen MR) is 120 cm³/mol. The molecule has 0 saturated carbocycles. The molecule has 0 bridgehead atoms. The number of ether oxygens (including phenoxy) is 2. The van der Waals surface area contributed by atoms with E-state index in [4.69, 9.17) is 9.47 Å². The quantitative estimate of drug-likeness (QED) is 0.630. The van der Waals surface area contributed by atoms with Gasteiger partial charge in [0.15, 0.2) is 0 Å². The van der Waals surface area contributed by atoms with Gasteiger partial charge in [0.1, 0.15) is 0 Å². The Balaban J connectivity index is 1.63. The van der Waals surface area contributed by atoms with Gasteiger partial charge < -0.3 is 9.47 Å². The normalized spacial score (nSPS) is 16.1. The number of methoxy groups -OCH3 is 2. The second kappa shape index (κ2) is 9.67. The van der Waals surface area contributed by atoms with Gasteiger partial charge in [-0.2, -0.15) is 0 Å². The van der Waals surface area contributed by atoms with Crippen LogP contribution in [0.4, 0.5) is 0 Å². The summed E-state index contributed by atoms with van der Waals surface area (Å²) in [7, 11) is 2.85. The SMILES string of the molecule is COC(=O)c1cc2c(cc1C[C@@H](Cc1ccc3c(c1)CCCC3)C(=O)OC)CCCC2. The molecule has 0 unspecified atom stereocenters. The lowest BCUT2D eigenvalue weighted by Gasteiger charge is -2.22. The minimum Gasteiger partial charge on any atom is -0.469 e. The summed E-state index contributed by atoms with van der Waals surface area (Å²) in [6, 6.07) is 10.7. The fraction of sp³-hybridized carbons (Fsp3) is 0.481. The highest BCUT2D eigenvalue weighted by Crippen LogP contribution is 2.29. The maximum absolute atomic E-state index is 12.7. The Morgan fingerprint density at radius 1 is 0.774 bits per heavy atom. The van der Waals surface area contributed by atoms with Crippen molar-refractivity contribution < 1.29 is 19.1 Å². The first-order valence-corrected chi connectivity index (χ1v) is 11.5. The molecule has 4 rings (SSSR count). The van der Waals surface area contributed by atoms with Gasteiger partial charge >= 0.3 is 11.9 Å². The Kier molecular flexibility index (Phi) is 6.74. The zero-order valence-corrected chi connectivity index (χ0v) is 18.7. The molecular weight excluding hydrogens is 388 g/mol. The molecule has 2 aliphatic carbocycles. The van der Waals surface area contributed by atoms with Crippen molar-refractivity contribution in [2.45, 2.75) is 64.2 Å². The molecule has 164 valence electrons. The molecule has 0 aliphatic heterocycles. The Labute approximate surface area is 185 Å². The van der Waals surface area contributed by atoms with E-state index < -0.39 is 0 Å². The summed E-state index contributed by atoms with van der Waals surface area (Å²) in [5.41, 5.74) is 8.02. The predicted octanol–water partition coefficient (Wildman–Crippen LogP) is 4.81. The van der Waals surface area contributed by atoms with E-state index >= 15 is 0 Å². The summed E-state index contributed by atoms with van der Waals surface area (Å²) < 4.78 is 10.2. The first-order valence-electron chi connectivity index (χ1n) is 11.5. The van der Waals surface area contributed by atoms with Crippen LogP contribution in [0.5, 0.6) is 0 Å². The Hall–Kier alpha value is -2.62. The van der Waals surface area contributed by atoms with Crippen molar-refractivity contribution in [3.8, 4) is 0 Å². The smallest absolute Gasteiger partial charge is 0.338 e. The molecule has 2 aliphatic rings. The van der Waals surface area contributed by atoms with E-state index in [0.717, 1.165) is 43.2 Å². The van der Waals surface area contributed by atoms with Crippen LogP contribution < -0.4 is 0 Å². The maximum Gasteiger partial charge on any atom is 0.338 e. The molecule has 2 aromatic rings. The van der Waals surface area contributed by atoms with E-state index in [-0.39, 0.29) is 17.9 Å². The minimum absolute atomic E-state index is 0.230. The highest BCUT2D eigenvalue weighted by Gasteiger charge is 2.25. The fourth-order valence-electron chi connectivity index (χ4n) is 5.17. The third-order valence-corrected chi connectivity index (χ3v) is 6.87. The van der Waals surface area contributed by atoms with Gasteiger partial charge in [0.25, 0.3) is 0 Å². The molecule has 1 atom stereocenters. The summed E-state index contributed by atoms with van der Waals surface area (Å²) in [5.74, 6) is -0.899. The number of carbonyl (C=O) groups excluding carboxylic acids is 2. The van der Waals surface area contributed by atoms with Crippen molar-refractivity contribution in [2.24, 2.45) is 5.92 Å². The third kappa shape index (κ3) is 4.84. The van der Waals surface area contributed by atoms with Crippen LogP contribution in [-0.4, -0.2) is 26.2 Å². The van der Waals surface area contributed by atoms with Gasteiger partial charge in [-0.25, -0.2) is 4.79 Å². The van der Waals surface area contributed by atoms with Gasteiger partial charge in [-0.1, -0.05) is 24.3 Å². The van der Waals surface area contributed by atoms with E-state index in [0.29, 0.717) is 18.4 Å². The monoisotopic (exact) mass is 420 g/mol. The van der Waals surface area contributed by atoms with Gasteiger partial charge in [0.2, 0.25) is 0 Å². The lowest BCUT2D eigenvalue weighted by Crippen LogP contribution is -2.23. The second-order valence-corrected chi connectivity index (χ2v) is 8.92. The average Bonchev–Trinajstić information content (AvgIpc) is 2.82. The maximum atomic E-state index is 12.7. The Morgan fingerprint density at radius 2 is 1.39 bits per heavy atom. The summed E-state index contributed by atoms with van der Waals surface area (Å²) in [5, 5.41) is 0. The van der Waals surface area contributed by atoms with Crippen molar-refractivity contribution >= 4 is 11.9 Å². The van der Waals surface area contributed by atoms with Gasteiger partial charge in [-0.15, -0.1) is 0 Å². The summed E-state index contributed by atoms with van der Waals surface area (Å²) in [6.45, 7) is 0. The molecule has 0 amide bonds. The van der Waals surface area contributed by atoms with Crippen molar-refractivity contribution in [1.82, 2.24) is 0 Å². The zero-order valence-electron chi connectivity index (χ0n) is 18.7. The van der Waals surface area contributed by atoms with Crippen LogP contribution in [0.25, 0.3) is 0 Å².